The molecule has 5 aromatic rings. The third-order valence-electron chi connectivity index (χ3n) is 6.92. The summed E-state index contributed by atoms with van der Waals surface area (Å²) in [6, 6.07) is 21.8. The van der Waals surface area contributed by atoms with Crippen LogP contribution in [0.1, 0.15) is 34.3 Å². The van der Waals surface area contributed by atoms with Crippen molar-refractivity contribution in [3.05, 3.63) is 108 Å². The summed E-state index contributed by atoms with van der Waals surface area (Å²) in [5.74, 6) is -1.57. The Morgan fingerprint density at radius 1 is 0.976 bits per heavy atom. The van der Waals surface area contributed by atoms with Crippen LogP contribution >= 0.6 is 0 Å². The number of aromatic nitrogens is 4. The van der Waals surface area contributed by atoms with E-state index in [2.05, 4.69) is 31.0 Å². The largest absolute Gasteiger partial charge is 0.367 e. The molecule has 2 aliphatic rings. The fourth-order valence-electron chi connectivity index (χ4n) is 4.79. The number of carbonyl (C=O) groups excluding carboxylic acids is 2. The highest BCUT2D eigenvalue weighted by molar-refractivity contribution is 6.20. The quantitative estimate of drug-likeness (QED) is 0.276. The van der Waals surface area contributed by atoms with Gasteiger partial charge in [-0.25, -0.2) is 19.5 Å². The second kappa shape index (κ2) is 9.94. The van der Waals surface area contributed by atoms with Crippen molar-refractivity contribution in [2.45, 2.75) is 25.0 Å². The molecule has 202 valence electrons. The van der Waals surface area contributed by atoms with Gasteiger partial charge in [0.2, 0.25) is 12.1 Å². The summed E-state index contributed by atoms with van der Waals surface area (Å²) in [4.78, 5) is 40.2. The van der Waals surface area contributed by atoms with Crippen molar-refractivity contribution in [3.63, 3.8) is 0 Å². The first-order chi connectivity index (χ1) is 20.0. The number of hydrogen-bond acceptors (Lipinski definition) is 7. The van der Waals surface area contributed by atoms with Gasteiger partial charge in [0, 0.05) is 29.6 Å². The molecule has 0 radical (unpaired) electrons. The van der Waals surface area contributed by atoms with Crippen molar-refractivity contribution >= 4 is 34.7 Å². The molecule has 1 fully saturated rings. The molecule has 41 heavy (non-hydrogen) atoms. The van der Waals surface area contributed by atoms with Crippen LogP contribution in [0.5, 0.6) is 0 Å². The number of fused-ring (bicyclic) bond motifs is 2. The van der Waals surface area contributed by atoms with Gasteiger partial charge >= 0.3 is 0 Å². The standard InChI is InChI=1S/C30H23FN8O2/c31-26-20(13-14-22(35-26)33-18-11-12-18)25-23(28-32-15-6-16-39(28)38-25)29(40)37-27-30(41)34-21-10-5-4-9-19(21)24(36-27)17-7-2-1-3-8-17/h1-10,13-16,18,27H,11-12H2,(H,33,35)(H,34,41)(H,37,40)/t27-/m1/s1. The van der Waals surface area contributed by atoms with Crippen molar-refractivity contribution in [3.8, 4) is 11.3 Å². The fraction of sp³-hybridized carbons (Fsp3) is 0.133. The number of benzene rings is 2. The number of rotatable bonds is 6. The highest BCUT2D eigenvalue weighted by Gasteiger charge is 2.31. The number of anilines is 2. The maximum Gasteiger partial charge on any atom is 0.269 e. The van der Waals surface area contributed by atoms with Crippen molar-refractivity contribution in [2.75, 3.05) is 10.6 Å². The predicted molar refractivity (Wildman–Crippen MR) is 151 cm³/mol. The Balaban J connectivity index is 1.29. The molecule has 4 heterocycles. The van der Waals surface area contributed by atoms with E-state index >= 15 is 4.39 Å². The number of pyridine rings is 1. The van der Waals surface area contributed by atoms with Gasteiger partial charge < -0.3 is 16.0 Å². The monoisotopic (exact) mass is 546 g/mol. The molecule has 2 amide bonds. The third kappa shape index (κ3) is 4.67. The molecule has 0 unspecified atom stereocenters. The van der Waals surface area contributed by atoms with Gasteiger partial charge in [-0.2, -0.15) is 9.49 Å². The molecule has 10 nitrogen and oxygen atoms in total. The van der Waals surface area contributed by atoms with Gasteiger partial charge in [-0.3, -0.25) is 9.59 Å². The van der Waals surface area contributed by atoms with E-state index in [1.165, 1.54) is 16.8 Å². The smallest absolute Gasteiger partial charge is 0.269 e. The number of hydrogen-bond donors (Lipinski definition) is 3. The Morgan fingerprint density at radius 2 is 1.78 bits per heavy atom. The minimum atomic E-state index is -1.29. The van der Waals surface area contributed by atoms with E-state index in [-0.39, 0.29) is 22.5 Å². The van der Waals surface area contributed by atoms with E-state index in [9.17, 15) is 9.59 Å². The van der Waals surface area contributed by atoms with Crippen LogP contribution in [-0.4, -0.2) is 49.3 Å². The van der Waals surface area contributed by atoms with Crippen LogP contribution < -0.4 is 16.0 Å². The Kier molecular flexibility index (Phi) is 5.96. The van der Waals surface area contributed by atoms with Crippen molar-refractivity contribution in [1.29, 1.82) is 0 Å². The fourth-order valence-corrected chi connectivity index (χ4v) is 4.79. The lowest BCUT2D eigenvalue weighted by molar-refractivity contribution is -0.117. The van der Waals surface area contributed by atoms with Crippen LogP contribution in [0.2, 0.25) is 0 Å². The Morgan fingerprint density at radius 3 is 2.59 bits per heavy atom. The second-order valence-corrected chi connectivity index (χ2v) is 9.82. The highest BCUT2D eigenvalue weighted by Crippen LogP contribution is 2.30. The van der Waals surface area contributed by atoms with Crippen LogP contribution in [-0.2, 0) is 4.79 Å². The zero-order chi connectivity index (χ0) is 27.9. The molecule has 3 aromatic heterocycles. The van der Waals surface area contributed by atoms with Crippen molar-refractivity contribution in [2.24, 2.45) is 4.99 Å². The lowest BCUT2D eigenvalue weighted by atomic mass is 10.0. The maximum absolute atomic E-state index is 15.3. The molecule has 1 saturated carbocycles. The first kappa shape index (κ1) is 24.6. The zero-order valence-electron chi connectivity index (χ0n) is 21.6. The summed E-state index contributed by atoms with van der Waals surface area (Å²) in [5.41, 5.74) is 2.89. The van der Waals surface area contributed by atoms with Crippen molar-refractivity contribution < 1.29 is 14.0 Å². The van der Waals surface area contributed by atoms with Crippen molar-refractivity contribution in [1.82, 2.24) is 24.9 Å². The molecule has 3 N–H and O–H groups in total. The van der Waals surface area contributed by atoms with E-state index in [4.69, 9.17) is 4.99 Å². The molecule has 1 atom stereocenters. The Hall–Kier alpha value is -5.45. The number of nitrogens with zero attached hydrogens (tertiary/aromatic N) is 5. The zero-order valence-corrected chi connectivity index (χ0v) is 21.6. The van der Waals surface area contributed by atoms with E-state index in [0.29, 0.717) is 23.3 Å². The van der Waals surface area contributed by atoms with Crippen LogP contribution in [0.4, 0.5) is 15.9 Å². The van der Waals surface area contributed by atoms with Gasteiger partial charge in [-0.15, -0.1) is 0 Å². The summed E-state index contributed by atoms with van der Waals surface area (Å²) in [6.45, 7) is 0. The number of amides is 2. The molecule has 1 aliphatic heterocycles. The first-order valence-corrected chi connectivity index (χ1v) is 13.2. The average Bonchev–Trinajstić information content (AvgIpc) is 3.74. The molecular weight excluding hydrogens is 523 g/mol. The highest BCUT2D eigenvalue weighted by atomic mass is 19.1. The maximum atomic E-state index is 15.3. The first-order valence-electron chi connectivity index (χ1n) is 13.2. The normalized spacial score (nSPS) is 16.4. The van der Waals surface area contributed by atoms with Crippen LogP contribution in [0.25, 0.3) is 16.9 Å². The van der Waals surface area contributed by atoms with Gasteiger partial charge in [-0.05, 0) is 37.1 Å². The van der Waals surface area contributed by atoms with Crippen LogP contribution in [0.15, 0.2) is 90.2 Å². The number of carbonyl (C=O) groups is 2. The number of aliphatic imine (C=N–C) groups is 1. The number of nitrogens with one attached hydrogen (secondary N) is 3. The van der Waals surface area contributed by atoms with Gasteiger partial charge in [0.05, 0.1) is 17.0 Å². The topological polar surface area (TPSA) is 126 Å². The minimum absolute atomic E-state index is 0.000208. The summed E-state index contributed by atoms with van der Waals surface area (Å²) in [5, 5.41) is 13.2. The summed E-state index contributed by atoms with van der Waals surface area (Å²) < 4.78 is 16.7. The minimum Gasteiger partial charge on any atom is -0.367 e. The van der Waals surface area contributed by atoms with E-state index in [0.717, 1.165) is 24.0 Å². The van der Waals surface area contributed by atoms with E-state index in [1.807, 2.05) is 48.5 Å². The SMILES string of the molecule is O=C(N[C@H]1N=C(c2ccccc2)c2ccccc2NC1=O)c1c(-c2ccc(NC3CC3)nc2F)nn2cccnc12. The van der Waals surface area contributed by atoms with E-state index in [1.54, 1.807) is 24.4 Å². The van der Waals surface area contributed by atoms with Gasteiger partial charge in [-0.1, -0.05) is 48.5 Å². The lowest BCUT2D eigenvalue weighted by Crippen LogP contribution is -2.42. The number of para-hydroxylation sites is 1. The molecule has 7 rings (SSSR count). The summed E-state index contributed by atoms with van der Waals surface area (Å²) >= 11 is 0. The van der Waals surface area contributed by atoms with Crippen LogP contribution in [0.3, 0.4) is 0 Å². The summed E-state index contributed by atoms with van der Waals surface area (Å²) in [7, 11) is 0. The molecule has 0 saturated heterocycles. The van der Waals surface area contributed by atoms with E-state index < -0.39 is 23.9 Å². The molecule has 2 aromatic carbocycles. The molecule has 0 bridgehead atoms. The Bertz CT molecular complexity index is 1850. The van der Waals surface area contributed by atoms with Gasteiger partial charge in [0.25, 0.3) is 11.8 Å². The summed E-state index contributed by atoms with van der Waals surface area (Å²) in [6.07, 6.45) is 3.86. The van der Waals surface area contributed by atoms with Crippen LogP contribution in [0, 0.1) is 5.95 Å². The molecule has 1 aliphatic carbocycles. The predicted octanol–water partition coefficient (Wildman–Crippen LogP) is 4.05. The second-order valence-electron chi connectivity index (χ2n) is 9.82. The third-order valence-corrected chi connectivity index (χ3v) is 6.92. The van der Waals surface area contributed by atoms with Gasteiger partial charge in [0.1, 0.15) is 17.1 Å². The average molecular weight is 547 g/mol. The molecule has 0 spiro atoms. The Labute approximate surface area is 233 Å². The number of halogens is 1. The lowest BCUT2D eigenvalue weighted by Gasteiger charge is -2.14. The molecular formula is C30H23FN8O2. The molecule has 11 heteroatoms. The van der Waals surface area contributed by atoms with Gasteiger partial charge in [0.15, 0.2) is 5.65 Å². The number of benzodiazepines with no additional fused rings is 1.